The van der Waals surface area contributed by atoms with E-state index in [0.29, 0.717) is 24.9 Å². The van der Waals surface area contributed by atoms with Crippen molar-refractivity contribution in [3.63, 3.8) is 0 Å². The molecule has 2 fully saturated rings. The van der Waals surface area contributed by atoms with Crippen LogP contribution in [0.15, 0.2) is 12.1 Å². The van der Waals surface area contributed by atoms with E-state index in [2.05, 4.69) is 4.74 Å². The minimum atomic E-state index is -4.94. The topological polar surface area (TPSA) is 18.5 Å². The van der Waals surface area contributed by atoms with Crippen molar-refractivity contribution < 1.29 is 27.0 Å². The van der Waals surface area contributed by atoms with Gasteiger partial charge in [-0.2, -0.15) is 0 Å². The Morgan fingerprint density at radius 1 is 1.00 bits per heavy atom. The first kappa shape index (κ1) is 16.4. The normalized spacial score (nSPS) is 19.1. The fourth-order valence-corrected chi connectivity index (χ4v) is 3.08. The van der Waals surface area contributed by atoms with Gasteiger partial charge in [0.05, 0.1) is 6.61 Å². The minimum absolute atomic E-state index is 0.161. The Morgan fingerprint density at radius 3 is 2.30 bits per heavy atom. The molecule has 3 rings (SSSR count). The van der Waals surface area contributed by atoms with Crippen molar-refractivity contribution in [2.45, 2.75) is 51.3 Å². The van der Waals surface area contributed by atoms with E-state index in [9.17, 15) is 17.6 Å². The van der Waals surface area contributed by atoms with Gasteiger partial charge in [0, 0.05) is 0 Å². The van der Waals surface area contributed by atoms with Crippen LogP contribution in [0.3, 0.4) is 0 Å². The van der Waals surface area contributed by atoms with E-state index in [1.165, 1.54) is 12.1 Å². The molecule has 2 aliphatic carbocycles. The van der Waals surface area contributed by atoms with Gasteiger partial charge in [0.1, 0.15) is 0 Å². The summed E-state index contributed by atoms with van der Waals surface area (Å²) in [6.07, 6.45) is 1.70. The van der Waals surface area contributed by atoms with Crippen LogP contribution in [0.2, 0.25) is 0 Å². The molecule has 0 saturated heterocycles. The van der Waals surface area contributed by atoms with Gasteiger partial charge in [-0.1, -0.05) is 18.9 Å². The van der Waals surface area contributed by atoms with Crippen molar-refractivity contribution >= 4 is 0 Å². The Kier molecular flexibility index (Phi) is 4.69. The molecular weight excluding hydrogens is 312 g/mol. The van der Waals surface area contributed by atoms with Crippen LogP contribution in [0.4, 0.5) is 17.6 Å². The number of alkyl halides is 3. The molecule has 23 heavy (non-hydrogen) atoms. The Hall–Kier alpha value is -1.46. The van der Waals surface area contributed by atoms with Crippen molar-refractivity contribution in [2.75, 3.05) is 6.61 Å². The predicted molar refractivity (Wildman–Crippen MR) is 77.0 cm³/mol. The van der Waals surface area contributed by atoms with Gasteiger partial charge in [-0.25, -0.2) is 4.39 Å². The van der Waals surface area contributed by atoms with Crippen LogP contribution in [-0.4, -0.2) is 13.0 Å². The van der Waals surface area contributed by atoms with Gasteiger partial charge in [0.15, 0.2) is 11.6 Å². The molecule has 2 saturated carbocycles. The summed E-state index contributed by atoms with van der Waals surface area (Å²) in [6.45, 7) is 0.301. The van der Waals surface area contributed by atoms with Crippen LogP contribution in [0.1, 0.15) is 44.1 Å². The molecule has 0 aromatic heterocycles. The molecule has 2 aliphatic rings. The van der Waals surface area contributed by atoms with Crippen molar-refractivity contribution in [1.82, 2.24) is 0 Å². The number of hydrogen-bond donors (Lipinski definition) is 0. The first-order valence-electron chi connectivity index (χ1n) is 8.12. The van der Waals surface area contributed by atoms with Gasteiger partial charge < -0.3 is 9.47 Å². The molecule has 128 valence electrons. The molecular formula is C17H20F4O2. The zero-order valence-corrected chi connectivity index (χ0v) is 12.8. The van der Waals surface area contributed by atoms with E-state index in [0.717, 1.165) is 38.5 Å². The fraction of sp³-hybridized carbons (Fsp3) is 0.647. The second kappa shape index (κ2) is 6.57. The van der Waals surface area contributed by atoms with Gasteiger partial charge in [-0.3, -0.25) is 0 Å². The second-order valence-electron chi connectivity index (χ2n) is 6.52. The van der Waals surface area contributed by atoms with Crippen LogP contribution in [0, 0.1) is 17.7 Å². The van der Waals surface area contributed by atoms with Gasteiger partial charge in [0.2, 0.25) is 5.75 Å². The van der Waals surface area contributed by atoms with Crippen molar-refractivity contribution in [3.05, 3.63) is 23.5 Å². The SMILES string of the molecule is Fc1c(CC2CC2)ccc(OCC2CCCC2)c1OC(F)(F)F. The van der Waals surface area contributed by atoms with E-state index >= 15 is 0 Å². The lowest BCUT2D eigenvalue weighted by atomic mass is 10.1. The van der Waals surface area contributed by atoms with Gasteiger partial charge in [-0.05, 0) is 55.6 Å². The largest absolute Gasteiger partial charge is 0.573 e. The quantitative estimate of drug-likeness (QED) is 0.663. The highest BCUT2D eigenvalue weighted by Gasteiger charge is 2.35. The lowest BCUT2D eigenvalue weighted by Crippen LogP contribution is -2.20. The third-order valence-corrected chi connectivity index (χ3v) is 4.51. The molecule has 2 nitrogen and oxygen atoms in total. The van der Waals surface area contributed by atoms with Crippen LogP contribution in [0.5, 0.6) is 11.5 Å². The predicted octanol–water partition coefficient (Wildman–Crippen LogP) is 5.25. The summed E-state index contributed by atoms with van der Waals surface area (Å²) in [5.74, 6) is -1.24. The van der Waals surface area contributed by atoms with Crippen LogP contribution >= 0.6 is 0 Å². The maximum absolute atomic E-state index is 14.4. The molecule has 0 radical (unpaired) electrons. The molecule has 0 aliphatic heterocycles. The molecule has 0 amide bonds. The Morgan fingerprint density at radius 2 is 1.70 bits per heavy atom. The molecule has 1 aromatic carbocycles. The number of rotatable bonds is 6. The average molecular weight is 332 g/mol. The van der Waals surface area contributed by atoms with Crippen LogP contribution in [-0.2, 0) is 6.42 Å². The summed E-state index contributed by atoms with van der Waals surface area (Å²) in [4.78, 5) is 0. The zero-order chi connectivity index (χ0) is 16.4. The number of hydrogen-bond acceptors (Lipinski definition) is 2. The summed E-state index contributed by atoms with van der Waals surface area (Å²) in [7, 11) is 0. The molecule has 0 heterocycles. The molecule has 0 atom stereocenters. The van der Waals surface area contributed by atoms with E-state index in [-0.39, 0.29) is 11.3 Å². The number of benzene rings is 1. The Labute approximate surface area is 132 Å². The van der Waals surface area contributed by atoms with Crippen LogP contribution < -0.4 is 9.47 Å². The zero-order valence-electron chi connectivity index (χ0n) is 12.8. The minimum Gasteiger partial charge on any atom is -0.489 e. The third-order valence-electron chi connectivity index (χ3n) is 4.51. The maximum Gasteiger partial charge on any atom is 0.573 e. The average Bonchev–Trinajstić information content (AvgIpc) is 3.13. The monoisotopic (exact) mass is 332 g/mol. The molecule has 0 bridgehead atoms. The maximum atomic E-state index is 14.4. The van der Waals surface area contributed by atoms with Gasteiger partial charge in [0.25, 0.3) is 0 Å². The molecule has 1 aromatic rings. The number of halogens is 4. The highest BCUT2D eigenvalue weighted by atomic mass is 19.4. The lowest BCUT2D eigenvalue weighted by molar-refractivity contribution is -0.276. The van der Waals surface area contributed by atoms with Crippen molar-refractivity contribution in [1.29, 1.82) is 0 Å². The Balaban J connectivity index is 1.78. The lowest BCUT2D eigenvalue weighted by Gasteiger charge is -2.18. The molecule has 0 unspecified atom stereocenters. The van der Waals surface area contributed by atoms with Crippen molar-refractivity contribution in [3.8, 4) is 11.5 Å². The molecule has 0 N–H and O–H groups in total. The second-order valence-corrected chi connectivity index (χ2v) is 6.52. The Bertz CT molecular complexity index is 546. The summed E-state index contributed by atoms with van der Waals surface area (Å²) >= 11 is 0. The summed E-state index contributed by atoms with van der Waals surface area (Å²) < 4.78 is 61.6. The summed E-state index contributed by atoms with van der Waals surface area (Å²) in [5.41, 5.74) is 0.264. The highest BCUT2D eigenvalue weighted by Crippen LogP contribution is 2.40. The fourth-order valence-electron chi connectivity index (χ4n) is 3.08. The first-order valence-corrected chi connectivity index (χ1v) is 8.12. The van der Waals surface area contributed by atoms with Crippen LogP contribution in [0.25, 0.3) is 0 Å². The van der Waals surface area contributed by atoms with E-state index < -0.39 is 17.9 Å². The van der Waals surface area contributed by atoms with E-state index in [1.807, 2.05) is 0 Å². The molecule has 0 spiro atoms. The van der Waals surface area contributed by atoms with Gasteiger partial charge in [-0.15, -0.1) is 13.2 Å². The van der Waals surface area contributed by atoms with E-state index in [4.69, 9.17) is 4.74 Å². The summed E-state index contributed by atoms with van der Waals surface area (Å²) in [6, 6.07) is 2.91. The number of ether oxygens (including phenoxy) is 2. The highest BCUT2D eigenvalue weighted by molar-refractivity contribution is 5.45. The van der Waals surface area contributed by atoms with E-state index in [1.54, 1.807) is 0 Å². The summed E-state index contributed by atoms with van der Waals surface area (Å²) in [5, 5.41) is 0. The molecule has 6 heteroatoms. The van der Waals surface area contributed by atoms with Crippen molar-refractivity contribution in [2.24, 2.45) is 11.8 Å². The third kappa shape index (κ3) is 4.52. The standard InChI is InChI=1S/C17H20F4O2/c18-15-13(9-11-5-6-11)7-8-14(16(15)23-17(19,20)21)22-10-12-3-1-2-4-12/h7-8,11-12H,1-6,9-10H2. The van der Waals surface area contributed by atoms with Gasteiger partial charge >= 0.3 is 6.36 Å². The smallest absolute Gasteiger partial charge is 0.489 e. The first-order chi connectivity index (χ1) is 10.9.